The molecule has 0 bridgehead atoms. The Hall–Kier alpha value is -1.21. The zero-order valence-corrected chi connectivity index (χ0v) is 12.0. The fraction of sp³-hybridized carbons (Fsp3) is 0.0667. The van der Waals surface area contributed by atoms with Crippen molar-refractivity contribution in [2.24, 2.45) is 0 Å². The zero-order valence-electron chi connectivity index (χ0n) is 10.5. The molecule has 1 atom stereocenters. The molecule has 3 rings (SSSR count). The predicted molar refractivity (Wildman–Crippen MR) is 79.6 cm³/mol. The van der Waals surface area contributed by atoms with Crippen molar-refractivity contribution in [3.63, 3.8) is 0 Å². The first-order chi connectivity index (χ1) is 8.43. The molecule has 0 spiro atoms. The fourth-order valence-corrected chi connectivity index (χ4v) is 3.53. The molecule has 0 saturated heterocycles. The molecule has 0 fully saturated rings. The maximum atomic E-state index is 5.93. The van der Waals surface area contributed by atoms with Gasteiger partial charge in [-0.3, -0.25) is 0 Å². The molecule has 0 amide bonds. The number of hydrogen-bond donors (Lipinski definition) is 0. The van der Waals surface area contributed by atoms with E-state index in [0.717, 1.165) is 5.75 Å². The van der Waals surface area contributed by atoms with Crippen molar-refractivity contribution in [2.75, 3.05) is 0 Å². The topological polar surface area (TPSA) is 9.23 Å². The van der Waals surface area contributed by atoms with Gasteiger partial charge in [-0.2, -0.15) is 0 Å². The van der Waals surface area contributed by atoms with Gasteiger partial charge in [0.2, 0.25) is 9.76 Å². The Labute approximate surface area is 122 Å². The Kier molecular flexibility index (Phi) is 4.49. The molecule has 85 valence electrons. The Morgan fingerprint density at radius 2 is 1.61 bits per heavy atom. The van der Waals surface area contributed by atoms with Crippen molar-refractivity contribution >= 4 is 34.7 Å². The maximum absolute atomic E-state index is 5.93. The van der Waals surface area contributed by atoms with Gasteiger partial charge in [-0.25, -0.2) is 0 Å². The molecular weight excluding hydrogens is 231 g/mol. The van der Waals surface area contributed by atoms with E-state index in [2.05, 4.69) is 36.4 Å². The van der Waals surface area contributed by atoms with E-state index < -0.39 is 9.76 Å². The van der Waals surface area contributed by atoms with E-state index in [1.165, 1.54) is 11.1 Å². The summed E-state index contributed by atoms with van der Waals surface area (Å²) in [5.41, 5.74) is 3.29. The van der Waals surface area contributed by atoms with Gasteiger partial charge in [0.15, 0.2) is 0 Å². The van der Waals surface area contributed by atoms with E-state index in [1.54, 1.807) is 0 Å². The predicted octanol–water partition coefficient (Wildman–Crippen LogP) is 2.54. The first-order valence-corrected chi connectivity index (χ1v) is 7.28. The van der Waals surface area contributed by atoms with E-state index >= 15 is 0 Å². The van der Waals surface area contributed by atoms with Gasteiger partial charge >= 0.3 is 0 Å². The molecule has 1 aliphatic rings. The van der Waals surface area contributed by atoms with Gasteiger partial charge in [0, 0.05) is 24.4 Å². The van der Waals surface area contributed by atoms with Crippen LogP contribution in [0.5, 0.6) is 5.75 Å². The summed E-state index contributed by atoms with van der Waals surface area (Å²) in [5, 5.41) is 0. The first-order valence-electron chi connectivity index (χ1n) is 5.88. The molecule has 1 radical (unpaired) electrons. The van der Waals surface area contributed by atoms with Crippen LogP contribution in [0.2, 0.25) is 0 Å². The van der Waals surface area contributed by atoms with Crippen molar-refractivity contribution in [3.8, 4) is 5.75 Å². The number of para-hydroxylation sites is 1. The molecule has 0 saturated carbocycles. The van der Waals surface area contributed by atoms with Crippen molar-refractivity contribution in [3.05, 3.63) is 71.8 Å². The maximum Gasteiger partial charge on any atom is 0.230 e. The van der Waals surface area contributed by atoms with Crippen LogP contribution in [0.3, 0.4) is 0 Å². The standard InChI is InChI=1S/C15H14OSi.Li/c1-2-7-13(8-3-1)16-17-15-11-10-12-6-4-5-9-14(12)15;/h1-11,15H,17H2;. The number of fused-ring (bicyclic) bond motifs is 1. The molecule has 0 aliphatic heterocycles. The van der Waals surface area contributed by atoms with E-state index in [9.17, 15) is 0 Å². The smallest absolute Gasteiger partial charge is 0.230 e. The average Bonchev–Trinajstić information content (AvgIpc) is 2.81. The van der Waals surface area contributed by atoms with Gasteiger partial charge in [-0.05, 0) is 23.3 Å². The minimum absolute atomic E-state index is 0. The Bertz CT molecular complexity index is 539. The molecule has 0 aromatic heterocycles. The summed E-state index contributed by atoms with van der Waals surface area (Å²) >= 11 is 0. The van der Waals surface area contributed by atoms with E-state index in [4.69, 9.17) is 4.43 Å². The molecule has 1 aliphatic carbocycles. The van der Waals surface area contributed by atoms with E-state index in [0.29, 0.717) is 5.54 Å². The minimum atomic E-state index is -0.606. The third-order valence-corrected chi connectivity index (χ3v) is 4.65. The number of allylic oxidation sites excluding steroid dienone is 1. The Morgan fingerprint density at radius 1 is 0.889 bits per heavy atom. The van der Waals surface area contributed by atoms with Crippen LogP contribution >= 0.6 is 0 Å². The first kappa shape index (κ1) is 13.2. The van der Waals surface area contributed by atoms with Crippen LogP contribution in [0.1, 0.15) is 16.7 Å². The zero-order chi connectivity index (χ0) is 11.5. The molecule has 1 nitrogen and oxygen atoms in total. The van der Waals surface area contributed by atoms with Crippen molar-refractivity contribution in [2.45, 2.75) is 5.54 Å². The van der Waals surface area contributed by atoms with Crippen molar-refractivity contribution in [1.29, 1.82) is 0 Å². The molecule has 0 N–H and O–H groups in total. The molecule has 0 heterocycles. The summed E-state index contributed by atoms with van der Waals surface area (Å²) in [6.45, 7) is 0. The number of benzene rings is 2. The third kappa shape index (κ3) is 2.78. The van der Waals surface area contributed by atoms with Gasteiger partial charge in [0.25, 0.3) is 0 Å². The van der Waals surface area contributed by atoms with Gasteiger partial charge in [0.05, 0.1) is 0 Å². The van der Waals surface area contributed by atoms with Crippen LogP contribution in [-0.4, -0.2) is 28.6 Å². The molecule has 3 heteroatoms. The van der Waals surface area contributed by atoms with Gasteiger partial charge in [-0.1, -0.05) is 54.6 Å². The summed E-state index contributed by atoms with van der Waals surface area (Å²) in [6.07, 6.45) is 4.49. The number of hydrogen-bond acceptors (Lipinski definition) is 1. The van der Waals surface area contributed by atoms with Gasteiger partial charge in [0.1, 0.15) is 5.75 Å². The van der Waals surface area contributed by atoms with Crippen LogP contribution in [0.25, 0.3) is 6.08 Å². The molecule has 1 unspecified atom stereocenters. The molecule has 18 heavy (non-hydrogen) atoms. The van der Waals surface area contributed by atoms with E-state index in [1.807, 2.05) is 30.3 Å². The summed E-state index contributed by atoms with van der Waals surface area (Å²) in [6, 6.07) is 18.7. The summed E-state index contributed by atoms with van der Waals surface area (Å²) in [4.78, 5) is 0. The second-order valence-corrected chi connectivity index (χ2v) is 5.72. The van der Waals surface area contributed by atoms with Gasteiger partial charge < -0.3 is 4.43 Å². The van der Waals surface area contributed by atoms with Crippen molar-refractivity contribution < 1.29 is 4.43 Å². The summed E-state index contributed by atoms with van der Waals surface area (Å²) < 4.78 is 5.93. The normalized spacial score (nSPS) is 16.6. The van der Waals surface area contributed by atoms with Crippen molar-refractivity contribution in [1.82, 2.24) is 0 Å². The van der Waals surface area contributed by atoms with Crippen LogP contribution in [0, 0.1) is 0 Å². The second-order valence-electron chi connectivity index (χ2n) is 4.22. The summed E-state index contributed by atoms with van der Waals surface area (Å²) in [5.74, 6) is 0.997. The minimum Gasteiger partial charge on any atom is -0.548 e. The largest absolute Gasteiger partial charge is 0.548 e. The van der Waals surface area contributed by atoms with E-state index in [-0.39, 0.29) is 18.9 Å². The SMILES string of the molecule is C1=CC([SiH2]Oc2ccccc2)c2ccccc21.[Li]. The van der Waals surface area contributed by atoms with Crippen LogP contribution in [-0.2, 0) is 0 Å². The molecule has 2 aromatic rings. The van der Waals surface area contributed by atoms with Gasteiger partial charge in [-0.15, -0.1) is 0 Å². The molecular formula is C15H14LiOSi. The fourth-order valence-electron chi connectivity index (χ4n) is 2.17. The summed E-state index contributed by atoms with van der Waals surface area (Å²) in [7, 11) is -0.606. The van der Waals surface area contributed by atoms with Crippen LogP contribution in [0.4, 0.5) is 0 Å². The van der Waals surface area contributed by atoms with Crippen LogP contribution in [0.15, 0.2) is 60.7 Å². The Balaban J connectivity index is 0.00000120. The third-order valence-electron chi connectivity index (χ3n) is 3.08. The average molecular weight is 245 g/mol. The Morgan fingerprint density at radius 3 is 2.44 bits per heavy atom. The monoisotopic (exact) mass is 245 g/mol. The molecule has 2 aromatic carbocycles. The quantitative estimate of drug-likeness (QED) is 0.755. The number of rotatable bonds is 3. The second kappa shape index (κ2) is 6.11. The van der Waals surface area contributed by atoms with Crippen LogP contribution < -0.4 is 4.43 Å².